The molecule has 2 fully saturated rings. The van der Waals surface area contributed by atoms with Gasteiger partial charge in [0, 0.05) is 11.3 Å². The molecule has 5 atom stereocenters. The number of nitrogens with zero attached hydrogens (tertiary/aromatic N) is 3. The molecule has 0 radical (unpaired) electrons. The van der Waals surface area contributed by atoms with E-state index in [1.165, 1.54) is 7.11 Å². The molecule has 2 saturated heterocycles. The first kappa shape index (κ1) is 24.9. The van der Waals surface area contributed by atoms with Crippen LogP contribution in [0.25, 0.3) is 10.4 Å². The Hall–Kier alpha value is -2.69. The number of methoxy groups -OCH3 is 1. The Morgan fingerprint density at radius 2 is 1.73 bits per heavy atom. The number of amides is 1. The van der Waals surface area contributed by atoms with Crippen molar-refractivity contribution in [2.45, 2.75) is 76.1 Å². The van der Waals surface area contributed by atoms with Gasteiger partial charge in [0.25, 0.3) is 5.91 Å². The van der Waals surface area contributed by atoms with Crippen molar-refractivity contribution in [3.63, 3.8) is 0 Å². The van der Waals surface area contributed by atoms with E-state index in [0.29, 0.717) is 0 Å². The van der Waals surface area contributed by atoms with E-state index in [1.54, 1.807) is 27.7 Å². The zero-order valence-corrected chi connectivity index (χ0v) is 19.4. The van der Waals surface area contributed by atoms with Gasteiger partial charge in [-0.05, 0) is 38.8 Å². The van der Waals surface area contributed by atoms with Crippen LogP contribution >= 0.6 is 0 Å². The summed E-state index contributed by atoms with van der Waals surface area (Å²) in [6.07, 6.45) is -3.10. The van der Waals surface area contributed by atoms with Crippen molar-refractivity contribution in [2.75, 3.05) is 13.7 Å². The van der Waals surface area contributed by atoms with E-state index >= 15 is 0 Å². The second kappa shape index (κ2) is 10.1. The van der Waals surface area contributed by atoms with E-state index in [4.69, 9.17) is 29.2 Å². The van der Waals surface area contributed by atoms with Crippen molar-refractivity contribution >= 4 is 11.9 Å². The average Bonchev–Trinajstić information content (AvgIpc) is 3.26. The quantitative estimate of drug-likeness (QED) is 0.270. The Labute approximate surface area is 192 Å². The molecule has 1 aromatic carbocycles. The van der Waals surface area contributed by atoms with Crippen LogP contribution in [-0.2, 0) is 39.7 Å². The Kier molecular flexibility index (Phi) is 7.61. The molecule has 1 aromatic rings. The van der Waals surface area contributed by atoms with Crippen molar-refractivity contribution in [1.29, 1.82) is 0 Å². The molecule has 3 rings (SSSR count). The summed E-state index contributed by atoms with van der Waals surface area (Å²) in [7, 11) is 1.26. The van der Waals surface area contributed by atoms with Crippen molar-refractivity contribution < 1.29 is 33.3 Å². The first-order valence-corrected chi connectivity index (χ1v) is 10.7. The Morgan fingerprint density at radius 1 is 1.09 bits per heavy atom. The lowest BCUT2D eigenvalue weighted by atomic mass is 10.0. The SMILES string of the molecule is COC(=O)[C@H](Cc1ccccc1)NC(=O)[C@@H]1OC(C)(C)O[C@H]1[C@H]1OC(C)(C)O[C@@H]1CN=[N+]=[N-]. The zero-order chi connectivity index (χ0) is 24.2. The summed E-state index contributed by atoms with van der Waals surface area (Å²) in [5.41, 5.74) is 9.58. The summed E-state index contributed by atoms with van der Waals surface area (Å²) in [4.78, 5) is 28.5. The van der Waals surface area contributed by atoms with Gasteiger partial charge >= 0.3 is 5.97 Å². The molecule has 1 amide bonds. The topological polar surface area (TPSA) is 141 Å². The number of nitrogens with one attached hydrogen (secondary N) is 1. The number of rotatable bonds is 8. The maximum absolute atomic E-state index is 13.3. The van der Waals surface area contributed by atoms with Gasteiger partial charge in [0.15, 0.2) is 17.7 Å². The third-order valence-corrected chi connectivity index (χ3v) is 5.34. The standard InChI is InChI=1S/C22H30N4O7/c1-21(2)30-15(12-24-26-23)16(31-21)17-18(33-22(3,4)32-17)19(27)25-14(20(28)29-5)11-13-9-7-6-8-10-13/h6-10,14-18H,11-12H2,1-5H3,(H,25,27)/t14-,15+,16-,17-,18+/m0/s1. The summed E-state index contributed by atoms with van der Waals surface area (Å²) in [5, 5.41) is 6.33. The summed E-state index contributed by atoms with van der Waals surface area (Å²) in [5.74, 6) is -3.19. The van der Waals surface area contributed by atoms with E-state index in [-0.39, 0.29) is 13.0 Å². The molecule has 0 spiro atoms. The molecule has 0 aromatic heterocycles. The van der Waals surface area contributed by atoms with Crippen LogP contribution in [0.15, 0.2) is 35.4 Å². The normalized spacial score (nSPS) is 28.5. The predicted molar refractivity (Wildman–Crippen MR) is 116 cm³/mol. The van der Waals surface area contributed by atoms with Crippen LogP contribution in [0.2, 0.25) is 0 Å². The van der Waals surface area contributed by atoms with Crippen LogP contribution in [0.5, 0.6) is 0 Å². The van der Waals surface area contributed by atoms with E-state index in [2.05, 4.69) is 15.3 Å². The van der Waals surface area contributed by atoms with E-state index in [9.17, 15) is 9.59 Å². The highest BCUT2D eigenvalue weighted by Gasteiger charge is 2.55. The molecule has 2 aliphatic heterocycles. The predicted octanol–water partition coefficient (Wildman–Crippen LogP) is 2.24. The fraction of sp³-hybridized carbons (Fsp3) is 0.636. The first-order chi connectivity index (χ1) is 15.5. The van der Waals surface area contributed by atoms with E-state index in [1.807, 2.05) is 30.3 Å². The molecular formula is C22H30N4O7. The highest BCUT2D eigenvalue weighted by Crippen LogP contribution is 2.38. The number of hydrogen-bond donors (Lipinski definition) is 1. The van der Waals surface area contributed by atoms with Crippen molar-refractivity contribution in [3.8, 4) is 0 Å². The lowest BCUT2D eigenvalue weighted by molar-refractivity contribution is -0.175. The van der Waals surface area contributed by atoms with Crippen LogP contribution < -0.4 is 5.32 Å². The van der Waals surface area contributed by atoms with Crippen LogP contribution in [0, 0.1) is 0 Å². The van der Waals surface area contributed by atoms with Crippen molar-refractivity contribution in [1.82, 2.24) is 5.32 Å². The molecule has 0 unspecified atom stereocenters. The van der Waals surface area contributed by atoms with Gasteiger partial charge in [-0.3, -0.25) is 4.79 Å². The molecule has 1 N–H and O–H groups in total. The number of hydrogen-bond acceptors (Lipinski definition) is 8. The van der Waals surface area contributed by atoms with Gasteiger partial charge in [0.05, 0.1) is 19.8 Å². The second-order valence-electron chi connectivity index (χ2n) is 8.85. The van der Waals surface area contributed by atoms with Crippen LogP contribution in [0.1, 0.15) is 33.3 Å². The summed E-state index contributed by atoms with van der Waals surface area (Å²) >= 11 is 0. The Bertz CT molecular complexity index is 901. The number of benzene rings is 1. The maximum atomic E-state index is 13.3. The third kappa shape index (κ3) is 6.21. The first-order valence-electron chi connectivity index (χ1n) is 10.7. The average molecular weight is 463 g/mol. The highest BCUT2D eigenvalue weighted by molar-refractivity contribution is 5.87. The minimum Gasteiger partial charge on any atom is -0.467 e. The molecule has 11 nitrogen and oxygen atoms in total. The minimum atomic E-state index is -1.10. The number of ether oxygens (including phenoxy) is 5. The van der Waals surface area contributed by atoms with Gasteiger partial charge in [0.2, 0.25) is 0 Å². The van der Waals surface area contributed by atoms with Crippen LogP contribution in [0.3, 0.4) is 0 Å². The Balaban J connectivity index is 1.81. The number of esters is 1. The molecule has 2 aliphatic rings. The highest BCUT2D eigenvalue weighted by atomic mass is 16.8. The van der Waals surface area contributed by atoms with Gasteiger partial charge in [-0.15, -0.1) is 0 Å². The van der Waals surface area contributed by atoms with E-state index in [0.717, 1.165) is 5.56 Å². The lowest BCUT2D eigenvalue weighted by Gasteiger charge is -2.26. The molecule has 2 heterocycles. The fourth-order valence-electron chi connectivity index (χ4n) is 4.07. The lowest BCUT2D eigenvalue weighted by Crippen LogP contribution is -2.53. The minimum absolute atomic E-state index is 0.00197. The molecular weight excluding hydrogens is 432 g/mol. The van der Waals surface area contributed by atoms with Crippen LogP contribution in [0.4, 0.5) is 0 Å². The molecule has 33 heavy (non-hydrogen) atoms. The number of carbonyl (C=O) groups is 2. The summed E-state index contributed by atoms with van der Waals surface area (Å²) in [6, 6.07) is 8.35. The molecule has 0 aliphatic carbocycles. The fourth-order valence-corrected chi connectivity index (χ4v) is 4.07. The zero-order valence-electron chi connectivity index (χ0n) is 19.4. The summed E-state index contributed by atoms with van der Waals surface area (Å²) < 4.78 is 28.7. The third-order valence-electron chi connectivity index (χ3n) is 5.34. The van der Waals surface area contributed by atoms with Gasteiger partial charge in [-0.25, -0.2) is 4.79 Å². The smallest absolute Gasteiger partial charge is 0.328 e. The molecule has 11 heteroatoms. The molecule has 0 saturated carbocycles. The van der Waals surface area contributed by atoms with Gasteiger partial charge < -0.3 is 29.0 Å². The molecule has 0 bridgehead atoms. The number of carbonyl (C=O) groups excluding carboxylic acids is 2. The molecule has 180 valence electrons. The van der Waals surface area contributed by atoms with Crippen LogP contribution in [-0.4, -0.2) is 67.6 Å². The van der Waals surface area contributed by atoms with E-state index < -0.39 is 53.9 Å². The van der Waals surface area contributed by atoms with Gasteiger partial charge in [-0.1, -0.05) is 35.4 Å². The van der Waals surface area contributed by atoms with Crippen molar-refractivity contribution in [2.24, 2.45) is 5.11 Å². The monoisotopic (exact) mass is 462 g/mol. The van der Waals surface area contributed by atoms with Gasteiger partial charge in [0.1, 0.15) is 18.2 Å². The largest absolute Gasteiger partial charge is 0.467 e. The number of azide groups is 1. The maximum Gasteiger partial charge on any atom is 0.328 e. The van der Waals surface area contributed by atoms with Gasteiger partial charge in [-0.2, -0.15) is 0 Å². The summed E-state index contributed by atoms with van der Waals surface area (Å²) in [6.45, 7) is 6.80. The Morgan fingerprint density at radius 3 is 2.36 bits per heavy atom. The van der Waals surface area contributed by atoms with Crippen molar-refractivity contribution in [3.05, 3.63) is 46.3 Å². The second-order valence-corrected chi connectivity index (χ2v) is 8.85.